The number of hydrogen-bond donors (Lipinski definition) is 0. The van der Waals surface area contributed by atoms with Gasteiger partial charge in [0.15, 0.2) is 0 Å². The molecule has 0 N–H and O–H groups in total. The van der Waals surface area contributed by atoms with Gasteiger partial charge in [-0.25, -0.2) is 0 Å². The first-order valence-electron chi connectivity index (χ1n) is 3.96. The minimum atomic E-state index is -3.37. The van der Waals surface area contributed by atoms with Crippen molar-refractivity contribution in [2.75, 3.05) is 0 Å². The molecule has 0 spiro atoms. The van der Waals surface area contributed by atoms with Crippen LogP contribution in [0.15, 0.2) is 0 Å². The molecule has 0 aromatic heterocycles. The van der Waals surface area contributed by atoms with E-state index in [0.717, 1.165) is 12.8 Å². The van der Waals surface area contributed by atoms with Crippen molar-refractivity contribution in [3.63, 3.8) is 0 Å². The van der Waals surface area contributed by atoms with Crippen LogP contribution >= 0.6 is 8.25 Å². The van der Waals surface area contributed by atoms with Crippen LogP contribution in [0.3, 0.4) is 0 Å². The van der Waals surface area contributed by atoms with E-state index in [9.17, 15) is 0 Å². The summed E-state index contributed by atoms with van der Waals surface area (Å²) in [6.45, 7) is 11.4. The second-order valence-electron chi connectivity index (χ2n) is 1.93. The molecule has 3 nitrogen and oxygen atoms in total. The van der Waals surface area contributed by atoms with Crippen LogP contribution in [-0.2, 0) is 25.0 Å². The molecule has 0 amide bonds. The zero-order valence-corrected chi connectivity index (χ0v) is 10.7. The van der Waals surface area contributed by atoms with Crippen LogP contribution in [0.5, 0.6) is 0 Å². The molecular weight excluding hydrogens is 281 g/mol. The summed E-state index contributed by atoms with van der Waals surface area (Å²) in [5.41, 5.74) is 0. The summed E-state index contributed by atoms with van der Waals surface area (Å²) in [6.07, 6.45) is 4.56. The monoisotopic (exact) mass is 299 g/mol. The number of rotatable bonds is 2. The summed E-state index contributed by atoms with van der Waals surface area (Å²) in [6, 6.07) is 0. The van der Waals surface area contributed by atoms with Gasteiger partial charge in [-0.05, 0) is 0 Å². The molecule has 0 saturated heterocycles. The van der Waals surface area contributed by atoms with Crippen LogP contribution in [0.2, 0.25) is 0 Å². The number of hydrogen-bond acceptors (Lipinski definition) is 3. The molecule has 0 aliphatic rings. The van der Waals surface area contributed by atoms with Gasteiger partial charge in [0, 0.05) is 0 Å². The Hall–Kier alpha value is 0.682. The molecular formula is C8H18O3PPd-. The second kappa shape index (κ2) is 29.3. The molecule has 0 bridgehead atoms. The van der Waals surface area contributed by atoms with Gasteiger partial charge in [0.1, 0.15) is 0 Å². The maximum absolute atomic E-state index is 8.48. The van der Waals surface area contributed by atoms with E-state index < -0.39 is 8.25 Å². The molecule has 0 fully saturated rings. The second-order valence-corrected chi connectivity index (χ2v) is 2.38. The molecule has 0 aromatic rings. The van der Waals surface area contributed by atoms with Crippen molar-refractivity contribution in [2.24, 2.45) is 0 Å². The summed E-state index contributed by atoms with van der Waals surface area (Å²) >= 11 is 0. The van der Waals surface area contributed by atoms with Crippen molar-refractivity contribution in [1.29, 1.82) is 0 Å². The average molecular weight is 300 g/mol. The van der Waals surface area contributed by atoms with Gasteiger partial charge >= 0.3 is 20.4 Å². The number of unbranched alkanes of at least 4 members (excludes halogenated alkanes) is 2. The van der Waals surface area contributed by atoms with Crippen molar-refractivity contribution in [3.05, 3.63) is 13.8 Å². The predicted octanol–water partition coefficient (Wildman–Crippen LogP) is 1.60. The molecule has 0 aliphatic heterocycles. The Kier molecular flexibility index (Phi) is 53.0. The molecule has 0 aromatic carbocycles. The fourth-order valence-electron chi connectivity index (χ4n) is 0. The summed E-state index contributed by atoms with van der Waals surface area (Å²) in [4.78, 5) is 17.0. The van der Waals surface area contributed by atoms with Crippen LogP contribution < -0.4 is 9.79 Å². The molecule has 0 heterocycles. The summed E-state index contributed by atoms with van der Waals surface area (Å²) < 4.78 is 8.48. The van der Waals surface area contributed by atoms with E-state index in [4.69, 9.17) is 14.4 Å². The fourth-order valence-corrected chi connectivity index (χ4v) is 0. The zero-order chi connectivity index (χ0) is 10.4. The van der Waals surface area contributed by atoms with Crippen LogP contribution in [0.1, 0.15) is 39.5 Å². The molecule has 0 rings (SSSR count). The van der Waals surface area contributed by atoms with Gasteiger partial charge in [-0.1, -0.05) is 31.3 Å². The van der Waals surface area contributed by atoms with Gasteiger partial charge in [0.05, 0.1) is 0 Å². The molecule has 0 radical (unpaired) electrons. The maximum Gasteiger partial charge on any atom is 2.00 e. The van der Waals surface area contributed by atoms with Gasteiger partial charge in [-0.3, -0.25) is 0 Å². The molecule has 0 atom stereocenters. The largest absolute Gasteiger partial charge is 2.00 e. The minimum Gasteiger partial charge on any atom is -0.598 e. The van der Waals surface area contributed by atoms with Crippen molar-refractivity contribution in [1.82, 2.24) is 0 Å². The van der Waals surface area contributed by atoms with Crippen LogP contribution in [0, 0.1) is 13.8 Å². The van der Waals surface area contributed by atoms with E-state index in [1.165, 1.54) is 12.8 Å². The standard InChI is InChI=1S/2C4H9.HO3P.Pd/c2*1-3-4-2;1-4(2)3;/h2*1,3-4H2,2H3;(H,1,2,3);/q2*-1;;+2/p-1. The molecule has 84 valence electrons. The third-order valence-electron chi connectivity index (χ3n) is 0.707. The van der Waals surface area contributed by atoms with Gasteiger partial charge in [-0.15, -0.1) is 0 Å². The first-order valence-corrected chi connectivity index (χ1v) is 5.06. The molecule has 0 saturated carbocycles. The Morgan fingerprint density at radius 1 is 1.08 bits per heavy atom. The fraction of sp³-hybridized carbons (Fsp3) is 0.750. The van der Waals surface area contributed by atoms with Gasteiger partial charge in [0.2, 0.25) is 0 Å². The average Bonchev–Trinajstić information content (AvgIpc) is 2.03. The van der Waals surface area contributed by atoms with E-state index in [1.807, 2.05) is 0 Å². The van der Waals surface area contributed by atoms with Gasteiger partial charge in [-0.2, -0.15) is 12.8 Å². The first-order chi connectivity index (χ1) is 5.56. The molecule has 0 unspecified atom stereocenters. The third kappa shape index (κ3) is 201. The maximum atomic E-state index is 8.48. The van der Waals surface area contributed by atoms with Gasteiger partial charge in [0.25, 0.3) is 8.25 Å². The Bertz CT molecular complexity index is 69.8. The third-order valence-corrected chi connectivity index (χ3v) is 0.707. The Morgan fingerprint density at radius 3 is 1.15 bits per heavy atom. The van der Waals surface area contributed by atoms with E-state index in [1.54, 1.807) is 0 Å². The minimum absolute atomic E-state index is 0. The van der Waals surface area contributed by atoms with E-state index in [0.29, 0.717) is 0 Å². The van der Waals surface area contributed by atoms with Crippen LogP contribution in [0.25, 0.3) is 0 Å². The normalized spacial score (nSPS) is 6.62. The first kappa shape index (κ1) is 23.5. The Balaban J connectivity index is -0.0000000450. The van der Waals surface area contributed by atoms with Crippen molar-refractivity contribution in [3.8, 4) is 0 Å². The van der Waals surface area contributed by atoms with Crippen molar-refractivity contribution >= 4 is 8.25 Å². The Morgan fingerprint density at radius 2 is 1.15 bits per heavy atom. The topological polar surface area (TPSA) is 63.2 Å². The Labute approximate surface area is 96.6 Å². The smallest absolute Gasteiger partial charge is 0.598 e. The predicted molar refractivity (Wildman–Crippen MR) is 48.1 cm³/mol. The van der Waals surface area contributed by atoms with Crippen LogP contribution in [-0.4, -0.2) is 0 Å². The van der Waals surface area contributed by atoms with Crippen molar-refractivity contribution in [2.45, 2.75) is 39.5 Å². The van der Waals surface area contributed by atoms with Crippen molar-refractivity contribution < 1.29 is 34.8 Å². The van der Waals surface area contributed by atoms with E-state index >= 15 is 0 Å². The van der Waals surface area contributed by atoms with E-state index in [-0.39, 0.29) is 20.4 Å². The zero-order valence-electron chi connectivity index (χ0n) is 8.23. The quantitative estimate of drug-likeness (QED) is 0.442. The molecule has 0 aliphatic carbocycles. The van der Waals surface area contributed by atoms with Gasteiger partial charge < -0.3 is 23.6 Å². The molecule has 5 heteroatoms. The SMILES string of the molecule is O=[P+]([O-])[O-].[CH2-]CCC.[CH2-]CCC.[Pd+2]. The summed E-state index contributed by atoms with van der Waals surface area (Å²) in [5.74, 6) is 0. The van der Waals surface area contributed by atoms with Crippen LogP contribution in [0.4, 0.5) is 0 Å². The summed E-state index contributed by atoms with van der Waals surface area (Å²) in [5, 5.41) is 0. The summed E-state index contributed by atoms with van der Waals surface area (Å²) in [7, 11) is -3.37. The van der Waals surface area contributed by atoms with E-state index in [2.05, 4.69) is 27.7 Å². The molecule has 13 heavy (non-hydrogen) atoms.